The van der Waals surface area contributed by atoms with Crippen LogP contribution in [0.5, 0.6) is 0 Å². The van der Waals surface area contributed by atoms with E-state index < -0.39 is 120 Å². The minimum atomic E-state index is -5.72. The number of anilines is 1. The standard InChI is InChI=1S/C53H91N3O18P2/c1-4-5-21-27-40(57)31-32-42-44(58)35-45(59)43-28-23-19-20-25-30-49(61)72-41(36-69-48(60)29-24-18-16-14-12-10-8-6-7-9-11-13-15-17-22-26-39(2)3)37-70-75(65,66)74-76(67,68)71-38-46(51(63)50(42)62)73-52(43)56-34-33-47(54)55-53(56)64/h19,23,31-34,39-43,45-46,50-52,57,59,62-63H,4-18,20-22,24-30,35-38H2,1-3H3,(H,65,66)(H,67,68)(H2,54,55,64)/t40-,41+,42-,43-,45-,46+,50-,51+,52+/m0/s1. The number of esters is 2. The van der Waals surface area contributed by atoms with Crippen LogP contribution < -0.4 is 11.4 Å². The number of allylic oxidation sites excluding steroid dienone is 2. The third-order valence-corrected chi connectivity index (χ3v) is 16.2. The van der Waals surface area contributed by atoms with E-state index in [9.17, 15) is 58.5 Å². The number of nitrogens with two attached hydrogens (primary N) is 1. The molecule has 3 rings (SSSR count). The van der Waals surface area contributed by atoms with Crippen molar-refractivity contribution in [2.45, 2.75) is 231 Å². The van der Waals surface area contributed by atoms with Crippen molar-refractivity contribution in [3.8, 4) is 0 Å². The molecule has 2 aliphatic rings. The molecule has 3 heterocycles. The van der Waals surface area contributed by atoms with Gasteiger partial charge in [-0.2, -0.15) is 9.29 Å². The molecule has 1 aromatic heterocycles. The summed E-state index contributed by atoms with van der Waals surface area (Å²) in [5.74, 6) is -4.40. The van der Waals surface area contributed by atoms with E-state index in [0.717, 1.165) is 49.0 Å². The zero-order chi connectivity index (χ0) is 55.9. The van der Waals surface area contributed by atoms with Crippen LogP contribution in [0.4, 0.5) is 5.82 Å². The average molecular weight is 1120 g/mol. The van der Waals surface area contributed by atoms with Gasteiger partial charge < -0.3 is 50.2 Å². The summed E-state index contributed by atoms with van der Waals surface area (Å²) in [4.78, 5) is 78.1. The van der Waals surface area contributed by atoms with Gasteiger partial charge in [0.2, 0.25) is 0 Å². The van der Waals surface area contributed by atoms with E-state index in [1.165, 1.54) is 95.0 Å². The highest BCUT2D eigenvalue weighted by Crippen LogP contribution is 2.60. The highest BCUT2D eigenvalue weighted by molar-refractivity contribution is 7.61. The normalized spacial score (nSPS) is 28.3. The van der Waals surface area contributed by atoms with E-state index in [4.69, 9.17) is 29.0 Å². The quantitative estimate of drug-likeness (QED) is 0.0187. The Morgan fingerprint density at radius 1 is 0.842 bits per heavy atom. The van der Waals surface area contributed by atoms with Crippen LogP contribution in [0.3, 0.4) is 0 Å². The number of carbonyl (C=O) groups excluding carboxylic acids is 3. The van der Waals surface area contributed by atoms with Gasteiger partial charge in [-0.25, -0.2) is 13.9 Å². The SMILES string of the molecule is CCCCC[C@H](O)C=C[C@H]1C(=O)C[C@H](O)[C@@H]2CC=CCCCC(=O)O[C@H](COC(=O)CCCCCCCCCCCCCCCCCC(C)C)COP(=O)(O)OP(=O)(O)OC[C@@H](O[C@H]2n2ccc(N)nc2=O)[C@@H](O)[C@H]1O. The number of nitrogen functional groups attached to an aromatic ring is 1. The molecule has 436 valence electrons. The minimum absolute atomic E-state index is 0.0802. The van der Waals surface area contributed by atoms with Gasteiger partial charge in [0.25, 0.3) is 0 Å². The first kappa shape index (κ1) is 67.1. The van der Waals surface area contributed by atoms with Gasteiger partial charge in [-0.15, -0.1) is 0 Å². The smallest absolute Gasteiger partial charge is 0.462 e. The summed E-state index contributed by atoms with van der Waals surface area (Å²) in [5, 5.41) is 45.7. The van der Waals surface area contributed by atoms with Crippen molar-refractivity contribution >= 4 is 39.2 Å². The fourth-order valence-corrected chi connectivity index (χ4v) is 11.2. The van der Waals surface area contributed by atoms with Crippen molar-refractivity contribution in [3.63, 3.8) is 0 Å². The number of carbonyl (C=O) groups is 3. The Morgan fingerprint density at radius 2 is 1.43 bits per heavy atom. The lowest BCUT2D eigenvalue weighted by molar-refractivity contribution is -0.186. The van der Waals surface area contributed by atoms with Crippen LogP contribution >= 0.6 is 15.6 Å². The molecule has 0 aromatic carbocycles. The van der Waals surface area contributed by atoms with Crippen LogP contribution in [0.25, 0.3) is 0 Å². The lowest BCUT2D eigenvalue weighted by Gasteiger charge is -2.39. The van der Waals surface area contributed by atoms with Crippen molar-refractivity contribution in [3.05, 3.63) is 47.1 Å². The third-order valence-electron chi connectivity index (χ3n) is 13.6. The maximum atomic E-state index is 14.0. The average Bonchev–Trinajstić information content (AvgIpc) is 3.35. The summed E-state index contributed by atoms with van der Waals surface area (Å²) in [6.07, 6.45) is 15.9. The summed E-state index contributed by atoms with van der Waals surface area (Å²) < 4.78 is 59.0. The number of aliphatic hydroxyl groups excluding tert-OH is 4. The number of fused-ring (bicyclic) bond motifs is 3. The number of nitrogens with zero attached hydrogens (tertiary/aromatic N) is 2. The Kier molecular flexibility index (Phi) is 32.6. The zero-order valence-electron chi connectivity index (χ0n) is 45.2. The summed E-state index contributed by atoms with van der Waals surface area (Å²) in [7, 11) is -11.3. The first-order valence-corrected chi connectivity index (χ1v) is 30.8. The molecule has 0 aliphatic carbocycles. The molecule has 1 saturated heterocycles. The molecule has 0 saturated carbocycles. The molecule has 0 radical (unpaired) electrons. The van der Waals surface area contributed by atoms with E-state index in [2.05, 4.69) is 23.1 Å². The second-order valence-corrected chi connectivity index (χ2v) is 23.7. The van der Waals surface area contributed by atoms with Crippen molar-refractivity contribution in [2.75, 3.05) is 25.6 Å². The first-order chi connectivity index (χ1) is 36.2. The fourth-order valence-electron chi connectivity index (χ4n) is 9.14. The van der Waals surface area contributed by atoms with Gasteiger partial charge in [-0.1, -0.05) is 161 Å². The van der Waals surface area contributed by atoms with Crippen molar-refractivity contribution in [1.82, 2.24) is 9.55 Å². The van der Waals surface area contributed by atoms with Gasteiger partial charge in [-0.3, -0.25) is 28.0 Å². The van der Waals surface area contributed by atoms with Crippen LogP contribution in [0.1, 0.15) is 194 Å². The van der Waals surface area contributed by atoms with Crippen LogP contribution in [-0.2, 0) is 51.1 Å². The number of phosphoric acid groups is 2. The van der Waals surface area contributed by atoms with Gasteiger partial charge in [0.05, 0.1) is 37.4 Å². The number of ketones is 1. The van der Waals surface area contributed by atoms with Crippen molar-refractivity contribution < 1.29 is 81.3 Å². The Morgan fingerprint density at radius 3 is 2.04 bits per heavy atom. The number of rotatable bonds is 27. The molecule has 1 aromatic rings. The molecular weight excluding hydrogens is 1030 g/mol. The number of Topliss-reactive ketones (excluding diaryl/α,β-unsaturated/α-hetero) is 1. The highest BCUT2D eigenvalue weighted by atomic mass is 31.3. The third kappa shape index (κ3) is 27.6. The number of phosphoric ester groups is 2. The summed E-state index contributed by atoms with van der Waals surface area (Å²) >= 11 is 0. The van der Waals surface area contributed by atoms with Gasteiger partial charge in [-0.05, 0) is 44.1 Å². The number of aliphatic hydroxyl groups is 4. The molecule has 2 aliphatic heterocycles. The Hall–Kier alpha value is -3.17. The predicted octanol–water partition coefficient (Wildman–Crippen LogP) is 8.62. The largest absolute Gasteiger partial charge is 0.481 e. The van der Waals surface area contributed by atoms with Gasteiger partial charge in [0.1, 0.15) is 36.6 Å². The highest BCUT2D eigenvalue weighted by Gasteiger charge is 2.45. The number of unbranched alkanes of at least 4 members (excludes halogenated alkanes) is 16. The topological polar surface area (TPSA) is 323 Å². The molecule has 2 bridgehead atoms. The second-order valence-electron chi connectivity index (χ2n) is 20.7. The molecule has 1 fully saturated rings. The molecule has 21 nitrogen and oxygen atoms in total. The second kappa shape index (κ2) is 36.9. The Bertz CT molecular complexity index is 2060. The predicted molar refractivity (Wildman–Crippen MR) is 285 cm³/mol. The summed E-state index contributed by atoms with van der Waals surface area (Å²) in [6, 6.07) is 1.23. The molecule has 8 N–H and O–H groups in total. The number of ether oxygens (including phenoxy) is 3. The van der Waals surface area contributed by atoms with Crippen molar-refractivity contribution in [2.24, 2.45) is 17.8 Å². The fraction of sp³-hybridized carbons (Fsp3) is 0.792. The number of hydrogen-bond acceptors (Lipinski definition) is 18. The molecular formula is C53H91N3O18P2. The Balaban J connectivity index is 1.69. The van der Waals surface area contributed by atoms with Crippen LogP contribution in [0, 0.1) is 17.8 Å². The maximum Gasteiger partial charge on any atom is 0.481 e. The lowest BCUT2D eigenvalue weighted by atomic mass is 9.83. The van der Waals surface area contributed by atoms with Crippen LogP contribution in [-0.4, -0.2) is 114 Å². The molecule has 2 unspecified atom stereocenters. The van der Waals surface area contributed by atoms with Gasteiger partial charge >= 0.3 is 33.3 Å². The van der Waals surface area contributed by atoms with E-state index in [0.29, 0.717) is 19.3 Å². The van der Waals surface area contributed by atoms with Crippen LogP contribution in [0.15, 0.2) is 41.4 Å². The van der Waals surface area contributed by atoms with E-state index in [1.54, 1.807) is 12.2 Å². The zero-order valence-corrected chi connectivity index (χ0v) is 47.0. The van der Waals surface area contributed by atoms with Crippen LogP contribution in [0.2, 0.25) is 0 Å². The van der Waals surface area contributed by atoms with E-state index in [-0.39, 0.29) is 37.9 Å². The Labute approximate surface area is 449 Å². The van der Waals surface area contributed by atoms with E-state index in [1.807, 2.05) is 6.92 Å². The van der Waals surface area contributed by atoms with Crippen molar-refractivity contribution in [1.29, 1.82) is 0 Å². The number of hydrogen-bond donors (Lipinski definition) is 7. The molecule has 11 atom stereocenters. The van der Waals surface area contributed by atoms with E-state index >= 15 is 0 Å². The molecule has 23 heteroatoms. The maximum absolute atomic E-state index is 14.0. The molecule has 76 heavy (non-hydrogen) atoms. The van der Waals surface area contributed by atoms with Gasteiger partial charge in [0.15, 0.2) is 6.10 Å². The monoisotopic (exact) mass is 1120 g/mol. The van der Waals surface area contributed by atoms with Gasteiger partial charge in [0, 0.05) is 31.4 Å². The minimum Gasteiger partial charge on any atom is -0.462 e. The molecule has 0 spiro atoms. The number of aromatic nitrogens is 2. The lowest BCUT2D eigenvalue weighted by Crippen LogP contribution is -2.51. The number of cyclic esters (lactones) is 1. The summed E-state index contributed by atoms with van der Waals surface area (Å²) in [5.41, 5.74) is 4.75. The first-order valence-electron chi connectivity index (χ1n) is 27.8. The summed E-state index contributed by atoms with van der Waals surface area (Å²) in [6.45, 7) is 3.80. The molecule has 0 amide bonds.